The fourth-order valence-electron chi connectivity index (χ4n) is 2.63. The van der Waals surface area contributed by atoms with Crippen LogP contribution in [0.25, 0.3) is 10.2 Å². The van der Waals surface area contributed by atoms with Crippen LogP contribution in [0.15, 0.2) is 40.5 Å². The normalized spacial score (nSPS) is 11.7. The summed E-state index contributed by atoms with van der Waals surface area (Å²) in [5, 5.41) is 1.90. The summed E-state index contributed by atoms with van der Waals surface area (Å²) >= 11 is 1.43. The van der Waals surface area contributed by atoms with Gasteiger partial charge in [0.2, 0.25) is 0 Å². The molecule has 0 unspecified atom stereocenters. The second-order valence-corrected chi connectivity index (χ2v) is 7.13. The summed E-state index contributed by atoms with van der Waals surface area (Å²) in [7, 11) is 2.04. The van der Waals surface area contributed by atoms with Gasteiger partial charge in [0.15, 0.2) is 0 Å². The van der Waals surface area contributed by atoms with Gasteiger partial charge in [0.05, 0.1) is 12.1 Å². The summed E-state index contributed by atoms with van der Waals surface area (Å²) in [6, 6.07) is 10.6. The molecule has 0 fully saturated rings. The monoisotopic (exact) mass is 327 g/mol. The van der Waals surface area contributed by atoms with E-state index in [1.807, 2.05) is 18.5 Å². The molecule has 4 nitrogen and oxygen atoms in total. The molecule has 5 heteroatoms. The Morgan fingerprint density at radius 1 is 1.17 bits per heavy atom. The smallest absolute Gasteiger partial charge is 0.268 e. The minimum atomic E-state index is -0.0466. The van der Waals surface area contributed by atoms with E-state index >= 15 is 0 Å². The lowest BCUT2D eigenvalue weighted by Crippen LogP contribution is -2.21. The van der Waals surface area contributed by atoms with Gasteiger partial charge in [-0.25, -0.2) is 4.98 Å². The van der Waals surface area contributed by atoms with Crippen LogP contribution in [-0.2, 0) is 13.1 Å². The minimum absolute atomic E-state index is 0.0466. The van der Waals surface area contributed by atoms with Crippen LogP contribution in [-0.4, -0.2) is 21.9 Å². The Hall–Kier alpha value is -1.98. The third-order valence-corrected chi connectivity index (χ3v) is 4.78. The SMILES string of the molecule is CC(C)c1ccc(CN(C)Cc2nc3ccsc3c(=O)[nH]2)cc1. The maximum Gasteiger partial charge on any atom is 0.268 e. The molecule has 0 amide bonds. The third kappa shape index (κ3) is 3.68. The second kappa shape index (κ2) is 6.64. The lowest BCUT2D eigenvalue weighted by Gasteiger charge is -2.16. The molecule has 1 aromatic carbocycles. The van der Waals surface area contributed by atoms with E-state index in [-0.39, 0.29) is 5.56 Å². The molecule has 0 saturated heterocycles. The zero-order chi connectivity index (χ0) is 16.4. The van der Waals surface area contributed by atoms with Gasteiger partial charge in [0, 0.05) is 6.54 Å². The largest absolute Gasteiger partial charge is 0.308 e. The molecule has 0 bridgehead atoms. The fourth-order valence-corrected chi connectivity index (χ4v) is 3.35. The zero-order valence-electron chi connectivity index (χ0n) is 13.7. The molecule has 120 valence electrons. The molecule has 23 heavy (non-hydrogen) atoms. The third-order valence-electron chi connectivity index (χ3n) is 3.88. The standard InChI is InChI=1S/C18H21N3OS/c1-12(2)14-6-4-13(5-7-14)10-21(3)11-16-19-15-8-9-23-17(15)18(22)20-16/h4-9,12H,10-11H2,1-3H3,(H,19,20,22). The lowest BCUT2D eigenvalue weighted by atomic mass is 10.0. The van der Waals surface area contributed by atoms with Gasteiger partial charge in [-0.3, -0.25) is 9.69 Å². The van der Waals surface area contributed by atoms with Crippen LogP contribution >= 0.6 is 11.3 Å². The molecule has 3 aromatic rings. The Morgan fingerprint density at radius 2 is 1.91 bits per heavy atom. The van der Waals surface area contributed by atoms with Gasteiger partial charge in [0.1, 0.15) is 10.5 Å². The number of hydrogen-bond acceptors (Lipinski definition) is 4. The summed E-state index contributed by atoms with van der Waals surface area (Å²) in [4.78, 5) is 21.6. The first kappa shape index (κ1) is 15.9. The van der Waals surface area contributed by atoms with E-state index in [1.165, 1.54) is 22.5 Å². The van der Waals surface area contributed by atoms with E-state index in [0.29, 0.717) is 23.0 Å². The van der Waals surface area contributed by atoms with Gasteiger partial charge >= 0.3 is 0 Å². The quantitative estimate of drug-likeness (QED) is 0.776. The van der Waals surface area contributed by atoms with Crippen molar-refractivity contribution in [3.05, 3.63) is 63.0 Å². The van der Waals surface area contributed by atoms with Crippen LogP contribution in [0.4, 0.5) is 0 Å². The highest BCUT2D eigenvalue weighted by Gasteiger charge is 2.08. The first-order valence-electron chi connectivity index (χ1n) is 7.76. The van der Waals surface area contributed by atoms with E-state index in [9.17, 15) is 4.79 Å². The molecular formula is C18H21N3OS. The minimum Gasteiger partial charge on any atom is -0.308 e. The number of nitrogens with zero attached hydrogens (tertiary/aromatic N) is 2. The van der Waals surface area contributed by atoms with Crippen LogP contribution in [0.1, 0.15) is 36.7 Å². The van der Waals surface area contributed by atoms with Gasteiger partial charge in [0.25, 0.3) is 5.56 Å². The van der Waals surface area contributed by atoms with Crippen LogP contribution in [0.3, 0.4) is 0 Å². The molecule has 2 heterocycles. The molecule has 2 aromatic heterocycles. The van der Waals surface area contributed by atoms with E-state index in [4.69, 9.17) is 0 Å². The Bertz CT molecular complexity index is 849. The van der Waals surface area contributed by atoms with Crippen molar-refractivity contribution >= 4 is 21.6 Å². The average molecular weight is 327 g/mol. The molecule has 0 atom stereocenters. The van der Waals surface area contributed by atoms with Crippen LogP contribution in [0, 0.1) is 0 Å². The van der Waals surface area contributed by atoms with Crippen molar-refractivity contribution in [1.29, 1.82) is 0 Å². The number of aromatic nitrogens is 2. The van der Waals surface area contributed by atoms with Crippen molar-refractivity contribution in [1.82, 2.24) is 14.9 Å². The maximum atomic E-state index is 12.0. The topological polar surface area (TPSA) is 49.0 Å². The van der Waals surface area contributed by atoms with E-state index in [2.05, 4.69) is 53.0 Å². The summed E-state index contributed by atoms with van der Waals surface area (Å²) < 4.78 is 0.695. The molecule has 3 rings (SSSR count). The number of aromatic amines is 1. The summed E-state index contributed by atoms with van der Waals surface area (Å²) in [6.07, 6.45) is 0. The van der Waals surface area contributed by atoms with E-state index < -0.39 is 0 Å². The zero-order valence-corrected chi connectivity index (χ0v) is 14.5. The van der Waals surface area contributed by atoms with Crippen molar-refractivity contribution in [3.63, 3.8) is 0 Å². The van der Waals surface area contributed by atoms with Crippen LogP contribution in [0.5, 0.6) is 0 Å². The predicted octanol–water partition coefficient (Wildman–Crippen LogP) is 3.74. The maximum absolute atomic E-state index is 12.0. The number of hydrogen-bond donors (Lipinski definition) is 1. The molecule has 1 N–H and O–H groups in total. The van der Waals surface area contributed by atoms with Crippen LogP contribution < -0.4 is 5.56 Å². The number of fused-ring (bicyclic) bond motifs is 1. The van der Waals surface area contributed by atoms with Gasteiger partial charge in [-0.15, -0.1) is 11.3 Å². The van der Waals surface area contributed by atoms with Gasteiger partial charge < -0.3 is 4.98 Å². The highest BCUT2D eigenvalue weighted by Crippen LogP contribution is 2.16. The van der Waals surface area contributed by atoms with Gasteiger partial charge in [-0.05, 0) is 35.5 Å². The molecule has 0 spiro atoms. The molecule has 0 aliphatic carbocycles. The van der Waals surface area contributed by atoms with E-state index in [0.717, 1.165) is 12.1 Å². The highest BCUT2D eigenvalue weighted by molar-refractivity contribution is 7.17. The van der Waals surface area contributed by atoms with Crippen molar-refractivity contribution in [2.75, 3.05) is 7.05 Å². The Labute approximate surface area is 139 Å². The highest BCUT2D eigenvalue weighted by atomic mass is 32.1. The number of nitrogens with one attached hydrogen (secondary N) is 1. The Kier molecular flexibility index (Phi) is 4.59. The average Bonchev–Trinajstić information content (AvgIpc) is 2.96. The van der Waals surface area contributed by atoms with Crippen molar-refractivity contribution in [3.8, 4) is 0 Å². The first-order chi connectivity index (χ1) is 11.0. The van der Waals surface area contributed by atoms with Gasteiger partial charge in [-0.2, -0.15) is 0 Å². The summed E-state index contributed by atoms with van der Waals surface area (Å²) in [5.41, 5.74) is 3.35. The molecule has 0 aliphatic rings. The first-order valence-corrected chi connectivity index (χ1v) is 8.64. The Morgan fingerprint density at radius 3 is 2.61 bits per heavy atom. The molecular weight excluding hydrogens is 306 g/mol. The molecule has 0 saturated carbocycles. The number of benzene rings is 1. The van der Waals surface area contributed by atoms with Crippen molar-refractivity contribution < 1.29 is 0 Å². The number of H-pyrrole nitrogens is 1. The summed E-state index contributed by atoms with van der Waals surface area (Å²) in [6.45, 7) is 5.84. The van der Waals surface area contributed by atoms with Crippen molar-refractivity contribution in [2.24, 2.45) is 0 Å². The predicted molar refractivity (Wildman–Crippen MR) is 95.9 cm³/mol. The summed E-state index contributed by atoms with van der Waals surface area (Å²) in [5.74, 6) is 1.26. The van der Waals surface area contributed by atoms with Crippen LogP contribution in [0.2, 0.25) is 0 Å². The van der Waals surface area contributed by atoms with Crippen molar-refractivity contribution in [2.45, 2.75) is 32.9 Å². The number of thiophene rings is 1. The van der Waals surface area contributed by atoms with Gasteiger partial charge in [-0.1, -0.05) is 38.1 Å². The van der Waals surface area contributed by atoms with E-state index in [1.54, 1.807) is 0 Å². The lowest BCUT2D eigenvalue weighted by molar-refractivity contribution is 0.310. The fraction of sp³-hybridized carbons (Fsp3) is 0.333. The molecule has 0 aliphatic heterocycles. The Balaban J connectivity index is 1.70. The second-order valence-electron chi connectivity index (χ2n) is 6.22. The number of rotatable bonds is 5. The molecule has 0 radical (unpaired) electrons.